The average molecular weight is 636 g/mol. The van der Waals surface area contributed by atoms with Crippen LogP contribution >= 0.6 is 0 Å². The molecule has 0 radical (unpaired) electrons. The molecule has 0 bridgehead atoms. The number of hydrogen-bond acceptors (Lipinski definition) is 2. The van der Waals surface area contributed by atoms with Gasteiger partial charge in [-0.2, -0.15) is 52.7 Å². The Morgan fingerprint density at radius 3 is 1.73 bits per heavy atom. The zero-order valence-electron chi connectivity index (χ0n) is 22.8. The van der Waals surface area contributed by atoms with Gasteiger partial charge in [-0.15, -0.1) is 0 Å². The first-order chi connectivity index (χ1) is 20.2. The number of benzene rings is 2. The monoisotopic (exact) mass is 636 g/mol. The van der Waals surface area contributed by atoms with Gasteiger partial charge >= 0.3 is 24.7 Å². The SMILES string of the molecule is CC1=CC=C2C3C1=c1cccc(C)c1=C1N(C)C(c4ccccc4)=C(N13)C(C(F)(F)F)(C(F)(F)F)C2(C(F)(F)F)C(F)(F)F. The second kappa shape index (κ2) is 8.66. The molecule has 1 unspecified atom stereocenters. The molecule has 1 saturated heterocycles. The Morgan fingerprint density at radius 1 is 0.659 bits per heavy atom. The lowest BCUT2D eigenvalue weighted by atomic mass is 9.49. The molecular formula is C30H20F12N2. The summed E-state index contributed by atoms with van der Waals surface area (Å²) in [6.07, 6.45) is -27.8. The molecule has 0 spiro atoms. The molecule has 2 nitrogen and oxygen atoms in total. The Bertz CT molecular complexity index is 1770. The van der Waals surface area contributed by atoms with Gasteiger partial charge < -0.3 is 9.80 Å². The second-order valence-electron chi connectivity index (χ2n) is 11.1. The fraction of sp³-hybridized carbons (Fsp3) is 0.333. The third-order valence-electron chi connectivity index (χ3n) is 9.00. The lowest BCUT2D eigenvalue weighted by Crippen LogP contribution is -2.78. The molecule has 0 saturated carbocycles. The van der Waals surface area contributed by atoms with Gasteiger partial charge in [-0.1, -0.05) is 60.7 Å². The summed E-state index contributed by atoms with van der Waals surface area (Å²) in [5, 5.41) is 0.189. The van der Waals surface area contributed by atoms with E-state index in [0.29, 0.717) is 16.5 Å². The summed E-state index contributed by atoms with van der Waals surface area (Å²) in [5.74, 6) is -0.392. The third-order valence-corrected chi connectivity index (χ3v) is 9.00. The third kappa shape index (κ3) is 3.21. The van der Waals surface area contributed by atoms with E-state index in [1.54, 1.807) is 0 Å². The van der Waals surface area contributed by atoms with Crippen LogP contribution in [0.1, 0.15) is 18.1 Å². The number of fused-ring (bicyclic) bond motifs is 1. The van der Waals surface area contributed by atoms with Gasteiger partial charge in [0.25, 0.3) is 0 Å². The lowest BCUT2D eigenvalue weighted by Gasteiger charge is -2.61. The topological polar surface area (TPSA) is 6.48 Å². The molecule has 2 aromatic carbocycles. The zero-order valence-corrected chi connectivity index (χ0v) is 22.8. The second-order valence-corrected chi connectivity index (χ2v) is 11.1. The van der Waals surface area contributed by atoms with Crippen molar-refractivity contribution in [3.05, 3.63) is 99.1 Å². The van der Waals surface area contributed by atoms with Crippen LogP contribution in [0.2, 0.25) is 0 Å². The molecule has 0 aromatic heterocycles. The zero-order chi connectivity index (χ0) is 32.6. The predicted octanol–water partition coefficient (Wildman–Crippen LogP) is 7.33. The van der Waals surface area contributed by atoms with Crippen LogP contribution in [0.15, 0.2) is 77.5 Å². The number of nitrogens with zero attached hydrogens (tertiary/aromatic N) is 2. The van der Waals surface area contributed by atoms with Crippen LogP contribution in [-0.4, -0.2) is 47.6 Å². The highest BCUT2D eigenvalue weighted by atomic mass is 19.4. The molecule has 14 heteroatoms. The van der Waals surface area contributed by atoms with Gasteiger partial charge in [0.05, 0.1) is 17.4 Å². The molecule has 2 aromatic rings. The van der Waals surface area contributed by atoms with E-state index in [-0.39, 0.29) is 27.7 Å². The van der Waals surface area contributed by atoms with Crippen molar-refractivity contribution in [2.45, 2.75) is 44.6 Å². The number of aryl methyl sites for hydroxylation is 1. The van der Waals surface area contributed by atoms with Crippen molar-refractivity contribution in [3.8, 4) is 0 Å². The Balaban J connectivity index is 2.03. The Morgan fingerprint density at radius 2 is 1.20 bits per heavy atom. The fourth-order valence-electron chi connectivity index (χ4n) is 7.55. The summed E-state index contributed by atoms with van der Waals surface area (Å²) in [6.45, 7) is 2.83. The van der Waals surface area contributed by atoms with E-state index in [4.69, 9.17) is 0 Å². The largest absolute Gasteiger partial charge is 0.410 e. The molecule has 0 amide bonds. The van der Waals surface area contributed by atoms with Crippen molar-refractivity contribution in [1.82, 2.24) is 9.80 Å². The molecule has 6 rings (SSSR count). The molecule has 1 aliphatic carbocycles. The van der Waals surface area contributed by atoms with E-state index in [1.807, 2.05) is 0 Å². The van der Waals surface area contributed by atoms with E-state index in [0.717, 1.165) is 24.1 Å². The van der Waals surface area contributed by atoms with Crippen LogP contribution in [0.5, 0.6) is 0 Å². The first kappa shape index (κ1) is 30.2. The number of allylic oxidation sites excluding steroid dienone is 3. The summed E-state index contributed by atoms with van der Waals surface area (Å²) in [6, 6.07) is 7.89. The Labute approximate surface area is 241 Å². The molecule has 234 valence electrons. The quantitative estimate of drug-likeness (QED) is 0.303. The van der Waals surface area contributed by atoms with Gasteiger partial charge in [-0.3, -0.25) is 0 Å². The minimum absolute atomic E-state index is 0.0865. The van der Waals surface area contributed by atoms with Crippen molar-refractivity contribution in [2.75, 3.05) is 7.05 Å². The van der Waals surface area contributed by atoms with Gasteiger partial charge in [-0.25, -0.2) is 0 Å². The first-order valence-corrected chi connectivity index (χ1v) is 13.0. The van der Waals surface area contributed by atoms with Crippen molar-refractivity contribution in [2.24, 2.45) is 10.8 Å². The fourth-order valence-corrected chi connectivity index (χ4v) is 7.55. The van der Waals surface area contributed by atoms with Crippen molar-refractivity contribution >= 4 is 17.1 Å². The molecule has 3 aliphatic heterocycles. The van der Waals surface area contributed by atoms with E-state index in [1.165, 1.54) is 50.2 Å². The molecule has 1 atom stereocenters. The smallest absolute Gasteiger partial charge is 0.328 e. The van der Waals surface area contributed by atoms with Gasteiger partial charge in [0.15, 0.2) is 0 Å². The van der Waals surface area contributed by atoms with Crippen LogP contribution in [0.4, 0.5) is 52.7 Å². The highest BCUT2D eigenvalue weighted by Gasteiger charge is 2.98. The minimum atomic E-state index is -7.17. The molecule has 4 aliphatic rings. The standard InChI is InChI=1S/C30H20F12N2/c1-14-8-7-11-17-19-15(2)12-13-18-22(19)44-23(21(16-9-5-4-6-10-16)43(3)24(44)20(14)17)26(29(37,38)39,30(40,41)42)25(18,27(31,32)33)28(34,35)36/h4-13,22H,1-3H3. The number of hydrogen-bond donors (Lipinski definition) is 0. The number of piperidine rings is 1. The van der Waals surface area contributed by atoms with E-state index >= 15 is 52.7 Å². The summed E-state index contributed by atoms with van der Waals surface area (Å²) in [4.78, 5) is 1.25. The Kier molecular flexibility index (Phi) is 5.94. The predicted molar refractivity (Wildman–Crippen MR) is 135 cm³/mol. The molecule has 3 heterocycles. The van der Waals surface area contributed by atoms with E-state index in [2.05, 4.69) is 0 Å². The maximum absolute atomic E-state index is 15.5. The number of halogens is 12. The minimum Gasteiger partial charge on any atom is -0.328 e. The maximum Gasteiger partial charge on any atom is 0.410 e. The molecular weight excluding hydrogens is 616 g/mol. The van der Waals surface area contributed by atoms with Gasteiger partial charge in [0.2, 0.25) is 10.8 Å². The molecule has 44 heavy (non-hydrogen) atoms. The van der Waals surface area contributed by atoms with Gasteiger partial charge in [-0.05, 0) is 41.3 Å². The summed E-state index contributed by atoms with van der Waals surface area (Å²) in [5.41, 5.74) is -18.6. The van der Waals surface area contributed by atoms with E-state index in [9.17, 15) is 0 Å². The van der Waals surface area contributed by atoms with Crippen molar-refractivity contribution < 1.29 is 52.7 Å². The molecule has 1 fully saturated rings. The average Bonchev–Trinajstić information content (AvgIpc) is 3.18. The highest BCUT2D eigenvalue weighted by molar-refractivity contribution is 5.89. The van der Waals surface area contributed by atoms with Crippen LogP contribution in [-0.2, 0) is 0 Å². The van der Waals surface area contributed by atoms with Crippen LogP contribution in [0.3, 0.4) is 0 Å². The first-order valence-electron chi connectivity index (χ1n) is 13.0. The van der Waals surface area contributed by atoms with Crippen LogP contribution in [0, 0.1) is 17.8 Å². The summed E-state index contributed by atoms with van der Waals surface area (Å²) < 4.78 is 185. The van der Waals surface area contributed by atoms with Crippen molar-refractivity contribution in [1.29, 1.82) is 0 Å². The van der Waals surface area contributed by atoms with Gasteiger partial charge in [0.1, 0.15) is 5.82 Å². The van der Waals surface area contributed by atoms with Gasteiger partial charge in [0, 0.05) is 17.8 Å². The lowest BCUT2D eigenvalue weighted by molar-refractivity contribution is -0.456. The van der Waals surface area contributed by atoms with Crippen LogP contribution < -0.4 is 10.4 Å². The summed E-state index contributed by atoms with van der Waals surface area (Å²) >= 11 is 0. The molecule has 0 N–H and O–H groups in total. The highest BCUT2D eigenvalue weighted by Crippen LogP contribution is 2.80. The van der Waals surface area contributed by atoms with Crippen LogP contribution in [0.25, 0.3) is 17.1 Å². The summed E-state index contributed by atoms with van der Waals surface area (Å²) in [7, 11) is 1.04. The number of alkyl halides is 12. The number of rotatable bonds is 1. The Hall–Kier alpha value is -3.84. The normalized spacial score (nSPS) is 22.6. The maximum atomic E-state index is 15.5. The van der Waals surface area contributed by atoms with Crippen molar-refractivity contribution in [3.63, 3.8) is 0 Å². The van der Waals surface area contributed by atoms with E-state index < -0.39 is 69.9 Å².